The fourth-order valence-electron chi connectivity index (χ4n) is 3.45. The van der Waals surface area contributed by atoms with E-state index >= 15 is 0 Å². The zero-order valence-corrected chi connectivity index (χ0v) is 17.9. The number of hydrogen-bond acceptors (Lipinski definition) is 5. The average molecular weight is 404 g/mol. The number of carbonyl (C=O) groups excluding carboxylic acids is 2. The van der Waals surface area contributed by atoms with E-state index in [1.54, 1.807) is 24.1 Å². The Balaban J connectivity index is 1.49. The highest BCUT2D eigenvalue weighted by Crippen LogP contribution is 2.25. The van der Waals surface area contributed by atoms with Gasteiger partial charge >= 0.3 is 0 Å². The van der Waals surface area contributed by atoms with Crippen LogP contribution in [0.3, 0.4) is 0 Å². The van der Waals surface area contributed by atoms with Crippen molar-refractivity contribution in [3.63, 3.8) is 0 Å². The van der Waals surface area contributed by atoms with Crippen LogP contribution in [0.5, 0.6) is 0 Å². The van der Waals surface area contributed by atoms with E-state index in [1.807, 2.05) is 11.8 Å². The molecule has 0 aliphatic carbocycles. The van der Waals surface area contributed by atoms with Gasteiger partial charge in [0.2, 0.25) is 0 Å². The van der Waals surface area contributed by atoms with Crippen molar-refractivity contribution in [2.45, 2.75) is 40.0 Å². The summed E-state index contributed by atoms with van der Waals surface area (Å²) in [5.41, 5.74) is 1.42. The third-order valence-corrected chi connectivity index (χ3v) is 6.21. The number of amides is 2. The number of piperidine rings is 1. The number of aryl methyl sites for hydroxylation is 2. The van der Waals surface area contributed by atoms with E-state index in [4.69, 9.17) is 0 Å². The molecule has 3 rings (SSSR count). The summed E-state index contributed by atoms with van der Waals surface area (Å²) in [4.78, 5) is 32.3. The molecule has 0 atom stereocenters. The Morgan fingerprint density at radius 1 is 1.32 bits per heavy atom. The lowest BCUT2D eigenvalue weighted by Crippen LogP contribution is -2.41. The first-order valence-corrected chi connectivity index (χ1v) is 10.7. The third-order valence-electron chi connectivity index (χ3n) is 5.04. The van der Waals surface area contributed by atoms with Gasteiger partial charge in [-0.25, -0.2) is 4.98 Å². The molecule has 0 unspecified atom stereocenters. The minimum Gasteiger partial charge on any atom is -0.352 e. The minimum absolute atomic E-state index is 0.0930. The molecule has 8 heteroatoms. The quantitative estimate of drug-likeness (QED) is 0.804. The molecule has 0 aromatic carbocycles. The number of hydrogen-bond donors (Lipinski definition) is 1. The summed E-state index contributed by atoms with van der Waals surface area (Å²) in [6.45, 7) is 8.33. The Morgan fingerprint density at radius 2 is 2.04 bits per heavy atom. The molecule has 0 radical (unpaired) electrons. The van der Waals surface area contributed by atoms with E-state index < -0.39 is 0 Å². The molecule has 2 amide bonds. The molecule has 152 valence electrons. The molecule has 1 N–H and O–H groups in total. The summed E-state index contributed by atoms with van der Waals surface area (Å²) in [5, 5.41) is 8.05. The van der Waals surface area contributed by atoms with E-state index in [1.165, 1.54) is 11.3 Å². The molecule has 1 aliphatic rings. The standard InChI is InChI=1S/C20H29N5O2S/c1-13(2)9-17-23-14(3)18(28-17)20(27)25-7-5-15(6-8-25)10-21-19(26)16-11-22-24(4)12-16/h11-13,15H,5-10H2,1-4H3,(H,21,26). The predicted molar refractivity (Wildman–Crippen MR) is 110 cm³/mol. The van der Waals surface area contributed by atoms with Gasteiger partial charge in [0.25, 0.3) is 11.8 Å². The fourth-order valence-corrected chi connectivity index (χ4v) is 4.69. The Hall–Kier alpha value is -2.22. The Morgan fingerprint density at radius 3 is 2.64 bits per heavy atom. The van der Waals surface area contributed by atoms with Gasteiger partial charge in [-0.2, -0.15) is 5.10 Å². The van der Waals surface area contributed by atoms with Crippen LogP contribution in [0.4, 0.5) is 0 Å². The third kappa shape index (κ3) is 4.98. The molecule has 0 spiro atoms. The lowest BCUT2D eigenvalue weighted by atomic mass is 9.96. The molecule has 1 fully saturated rings. The van der Waals surface area contributed by atoms with Gasteiger partial charge in [0, 0.05) is 39.3 Å². The van der Waals surface area contributed by atoms with Crippen molar-refractivity contribution in [2.75, 3.05) is 19.6 Å². The van der Waals surface area contributed by atoms with Gasteiger partial charge in [-0.05, 0) is 31.6 Å². The maximum absolute atomic E-state index is 12.9. The van der Waals surface area contributed by atoms with Crippen molar-refractivity contribution in [2.24, 2.45) is 18.9 Å². The molecule has 0 bridgehead atoms. The van der Waals surface area contributed by atoms with Gasteiger partial charge in [0.05, 0.1) is 22.5 Å². The number of carbonyl (C=O) groups is 2. The lowest BCUT2D eigenvalue weighted by Gasteiger charge is -2.31. The van der Waals surface area contributed by atoms with Crippen molar-refractivity contribution < 1.29 is 9.59 Å². The normalized spacial score (nSPS) is 15.2. The van der Waals surface area contributed by atoms with Crippen LogP contribution in [-0.2, 0) is 13.5 Å². The summed E-state index contributed by atoms with van der Waals surface area (Å²) in [6.07, 6.45) is 5.99. The highest BCUT2D eigenvalue weighted by atomic mass is 32.1. The molecule has 1 aliphatic heterocycles. The Kier molecular flexibility index (Phi) is 6.49. The second-order valence-electron chi connectivity index (χ2n) is 7.97. The van der Waals surface area contributed by atoms with Crippen LogP contribution in [0.15, 0.2) is 12.4 Å². The molecular weight excluding hydrogens is 374 g/mol. The molecule has 0 saturated carbocycles. The number of rotatable bonds is 6. The average Bonchev–Trinajstić information content (AvgIpc) is 3.24. The van der Waals surface area contributed by atoms with E-state index in [-0.39, 0.29) is 11.8 Å². The van der Waals surface area contributed by atoms with E-state index in [9.17, 15) is 9.59 Å². The second kappa shape index (κ2) is 8.86. The van der Waals surface area contributed by atoms with Crippen LogP contribution in [0, 0.1) is 18.8 Å². The summed E-state index contributed by atoms with van der Waals surface area (Å²) in [5.74, 6) is 0.933. The lowest BCUT2D eigenvalue weighted by molar-refractivity contribution is 0.0688. The van der Waals surface area contributed by atoms with Crippen molar-refractivity contribution in [3.8, 4) is 0 Å². The first kappa shape index (κ1) is 20.5. The maximum atomic E-state index is 12.9. The van der Waals surface area contributed by atoms with Crippen molar-refractivity contribution in [3.05, 3.63) is 33.5 Å². The van der Waals surface area contributed by atoms with Gasteiger partial charge in [-0.3, -0.25) is 14.3 Å². The fraction of sp³-hybridized carbons (Fsp3) is 0.600. The smallest absolute Gasteiger partial charge is 0.265 e. The van der Waals surface area contributed by atoms with Crippen LogP contribution in [0.2, 0.25) is 0 Å². The first-order valence-electron chi connectivity index (χ1n) is 9.86. The number of thiazole rings is 1. The number of aromatic nitrogens is 3. The van der Waals surface area contributed by atoms with Crippen LogP contribution in [0.1, 0.15) is 57.4 Å². The number of nitrogens with zero attached hydrogens (tertiary/aromatic N) is 4. The van der Waals surface area contributed by atoms with E-state index in [2.05, 4.69) is 29.2 Å². The van der Waals surface area contributed by atoms with Gasteiger partial charge in [-0.15, -0.1) is 11.3 Å². The van der Waals surface area contributed by atoms with Gasteiger partial charge in [0.15, 0.2) is 0 Å². The van der Waals surface area contributed by atoms with Crippen molar-refractivity contribution >= 4 is 23.2 Å². The summed E-state index contributed by atoms with van der Waals surface area (Å²) < 4.78 is 1.62. The molecule has 2 aromatic heterocycles. The van der Waals surface area contributed by atoms with Crippen LogP contribution in [0.25, 0.3) is 0 Å². The molecule has 3 heterocycles. The highest BCUT2D eigenvalue weighted by molar-refractivity contribution is 7.13. The largest absolute Gasteiger partial charge is 0.352 e. The van der Waals surface area contributed by atoms with Crippen molar-refractivity contribution in [1.82, 2.24) is 25.0 Å². The SMILES string of the molecule is Cc1nc(CC(C)C)sc1C(=O)N1CCC(CNC(=O)c2cnn(C)c2)CC1. The zero-order valence-electron chi connectivity index (χ0n) is 17.1. The second-order valence-corrected chi connectivity index (χ2v) is 9.05. The topological polar surface area (TPSA) is 80.1 Å². The zero-order chi connectivity index (χ0) is 20.3. The maximum Gasteiger partial charge on any atom is 0.265 e. The molecule has 1 saturated heterocycles. The van der Waals surface area contributed by atoms with Gasteiger partial charge in [0.1, 0.15) is 4.88 Å². The number of nitrogens with one attached hydrogen (secondary N) is 1. The van der Waals surface area contributed by atoms with Gasteiger partial charge in [-0.1, -0.05) is 13.8 Å². The molecule has 7 nitrogen and oxygen atoms in total. The molecule has 2 aromatic rings. The predicted octanol–water partition coefficient (Wildman–Crippen LogP) is 2.67. The van der Waals surface area contributed by atoms with E-state index in [0.29, 0.717) is 23.9 Å². The Labute approximate surface area is 170 Å². The van der Waals surface area contributed by atoms with Crippen molar-refractivity contribution in [1.29, 1.82) is 0 Å². The first-order chi connectivity index (χ1) is 13.3. The summed E-state index contributed by atoms with van der Waals surface area (Å²) in [6, 6.07) is 0. The number of likely N-dealkylation sites (tertiary alicyclic amines) is 1. The summed E-state index contributed by atoms with van der Waals surface area (Å²) in [7, 11) is 1.79. The van der Waals surface area contributed by atoms with E-state index in [0.717, 1.165) is 47.9 Å². The van der Waals surface area contributed by atoms with Crippen LogP contribution >= 0.6 is 11.3 Å². The van der Waals surface area contributed by atoms with Crippen LogP contribution < -0.4 is 5.32 Å². The monoisotopic (exact) mass is 403 g/mol. The Bertz CT molecular complexity index is 834. The minimum atomic E-state index is -0.0930. The van der Waals surface area contributed by atoms with Gasteiger partial charge < -0.3 is 10.2 Å². The molecule has 28 heavy (non-hydrogen) atoms. The highest BCUT2D eigenvalue weighted by Gasteiger charge is 2.26. The summed E-state index contributed by atoms with van der Waals surface area (Å²) >= 11 is 1.54. The van der Waals surface area contributed by atoms with Crippen LogP contribution in [-0.4, -0.2) is 51.1 Å². The molecular formula is C20H29N5O2S.